The molecule has 0 saturated heterocycles. The van der Waals surface area contributed by atoms with Crippen molar-refractivity contribution >= 4 is 22.6 Å². The lowest BCUT2D eigenvalue weighted by Crippen LogP contribution is -2.16. The fourth-order valence-corrected chi connectivity index (χ4v) is 2.16. The van der Waals surface area contributed by atoms with Gasteiger partial charge in [0, 0.05) is 0 Å². The van der Waals surface area contributed by atoms with Gasteiger partial charge < -0.3 is 9.40 Å². The molecule has 0 aliphatic rings. The molecule has 5 heteroatoms. The standard InChI is InChI=1S/C12H13IN2O2/c1-3-4-8-9(13)12(16)15-11(14-8)10-7(2)5-6-17-10/h5-6H,3-4H2,1-2H3,(H,14,15,16). The topological polar surface area (TPSA) is 58.9 Å². The van der Waals surface area contributed by atoms with E-state index in [0.717, 1.165) is 24.1 Å². The Morgan fingerprint density at radius 2 is 2.29 bits per heavy atom. The number of aryl methyl sites for hydroxylation is 2. The monoisotopic (exact) mass is 344 g/mol. The number of aromatic nitrogens is 2. The Labute approximate surface area is 113 Å². The van der Waals surface area contributed by atoms with Crippen LogP contribution in [0.2, 0.25) is 0 Å². The highest BCUT2D eigenvalue weighted by atomic mass is 127. The first kappa shape index (κ1) is 12.3. The van der Waals surface area contributed by atoms with E-state index < -0.39 is 0 Å². The molecule has 0 bridgehead atoms. The average Bonchev–Trinajstić information content (AvgIpc) is 2.71. The fraction of sp³-hybridized carbons (Fsp3) is 0.333. The molecule has 0 radical (unpaired) electrons. The van der Waals surface area contributed by atoms with Crippen molar-refractivity contribution < 1.29 is 4.42 Å². The number of nitrogens with one attached hydrogen (secondary N) is 1. The van der Waals surface area contributed by atoms with Crippen LogP contribution in [-0.2, 0) is 6.42 Å². The summed E-state index contributed by atoms with van der Waals surface area (Å²) in [5.74, 6) is 1.15. The van der Waals surface area contributed by atoms with Crippen LogP contribution in [-0.4, -0.2) is 9.97 Å². The smallest absolute Gasteiger partial charge is 0.264 e. The highest BCUT2D eigenvalue weighted by molar-refractivity contribution is 14.1. The number of hydrogen-bond acceptors (Lipinski definition) is 3. The summed E-state index contributed by atoms with van der Waals surface area (Å²) < 4.78 is 6.01. The minimum Gasteiger partial charge on any atom is -0.461 e. The summed E-state index contributed by atoms with van der Waals surface area (Å²) in [6.45, 7) is 3.99. The summed E-state index contributed by atoms with van der Waals surface area (Å²) in [6.07, 6.45) is 3.36. The van der Waals surface area contributed by atoms with Crippen molar-refractivity contribution in [1.29, 1.82) is 0 Å². The molecule has 0 fully saturated rings. The van der Waals surface area contributed by atoms with Crippen LogP contribution in [0, 0.1) is 10.5 Å². The quantitative estimate of drug-likeness (QED) is 0.871. The van der Waals surface area contributed by atoms with Gasteiger partial charge in [-0.3, -0.25) is 4.79 Å². The number of furan rings is 1. The minimum absolute atomic E-state index is 0.102. The van der Waals surface area contributed by atoms with E-state index in [1.54, 1.807) is 6.26 Å². The molecule has 90 valence electrons. The lowest BCUT2D eigenvalue weighted by atomic mass is 10.2. The van der Waals surface area contributed by atoms with Gasteiger partial charge >= 0.3 is 0 Å². The predicted octanol–water partition coefficient (Wildman–Crippen LogP) is 2.90. The summed E-state index contributed by atoms with van der Waals surface area (Å²) in [7, 11) is 0. The number of halogens is 1. The molecule has 0 amide bonds. The van der Waals surface area contributed by atoms with E-state index in [1.165, 1.54) is 0 Å². The molecule has 4 nitrogen and oxygen atoms in total. The number of H-pyrrole nitrogens is 1. The summed E-state index contributed by atoms with van der Waals surface area (Å²) in [5.41, 5.74) is 1.70. The number of hydrogen-bond donors (Lipinski definition) is 1. The normalized spacial score (nSPS) is 10.8. The van der Waals surface area contributed by atoms with Crippen LogP contribution in [0.3, 0.4) is 0 Å². The molecule has 0 atom stereocenters. The van der Waals surface area contributed by atoms with Gasteiger partial charge in [-0.15, -0.1) is 0 Å². The molecule has 0 aliphatic carbocycles. The van der Waals surface area contributed by atoms with Crippen LogP contribution in [0.5, 0.6) is 0 Å². The van der Waals surface area contributed by atoms with Crippen LogP contribution >= 0.6 is 22.6 Å². The molecule has 1 N–H and O–H groups in total. The van der Waals surface area contributed by atoms with Gasteiger partial charge in [0.15, 0.2) is 11.6 Å². The molecule has 0 spiro atoms. The van der Waals surface area contributed by atoms with Gasteiger partial charge in [-0.1, -0.05) is 13.3 Å². The third-order valence-electron chi connectivity index (χ3n) is 2.50. The average molecular weight is 344 g/mol. The third kappa shape index (κ3) is 2.43. The Hall–Kier alpha value is -1.11. The maximum Gasteiger partial charge on any atom is 0.264 e. The Morgan fingerprint density at radius 3 is 2.88 bits per heavy atom. The van der Waals surface area contributed by atoms with Gasteiger partial charge in [-0.2, -0.15) is 0 Å². The lowest BCUT2D eigenvalue weighted by Gasteiger charge is -2.04. The van der Waals surface area contributed by atoms with E-state index in [2.05, 4.69) is 16.9 Å². The Kier molecular flexibility index (Phi) is 3.66. The molecule has 0 unspecified atom stereocenters. The lowest BCUT2D eigenvalue weighted by molar-refractivity contribution is 0.574. The van der Waals surface area contributed by atoms with Crippen molar-refractivity contribution in [2.24, 2.45) is 0 Å². The van der Waals surface area contributed by atoms with Gasteiger partial charge in [-0.25, -0.2) is 4.98 Å². The molecular formula is C12H13IN2O2. The molecule has 2 aromatic heterocycles. The van der Waals surface area contributed by atoms with Gasteiger partial charge in [0.1, 0.15) is 0 Å². The number of rotatable bonds is 3. The first-order chi connectivity index (χ1) is 8.13. The van der Waals surface area contributed by atoms with E-state index in [-0.39, 0.29) is 5.56 Å². The van der Waals surface area contributed by atoms with Gasteiger partial charge in [0.25, 0.3) is 5.56 Å². The first-order valence-corrected chi connectivity index (χ1v) is 6.54. The second-order valence-corrected chi connectivity index (χ2v) is 4.94. The van der Waals surface area contributed by atoms with E-state index in [4.69, 9.17) is 4.42 Å². The molecule has 17 heavy (non-hydrogen) atoms. The zero-order chi connectivity index (χ0) is 12.4. The second-order valence-electron chi connectivity index (χ2n) is 3.86. The molecule has 0 saturated carbocycles. The molecular weight excluding hydrogens is 331 g/mol. The van der Waals surface area contributed by atoms with Gasteiger partial charge in [0.05, 0.1) is 15.5 Å². The highest BCUT2D eigenvalue weighted by Gasteiger charge is 2.13. The zero-order valence-electron chi connectivity index (χ0n) is 9.71. The van der Waals surface area contributed by atoms with E-state index in [9.17, 15) is 4.79 Å². The van der Waals surface area contributed by atoms with Crippen molar-refractivity contribution in [3.63, 3.8) is 0 Å². The van der Waals surface area contributed by atoms with Crippen LogP contribution < -0.4 is 5.56 Å². The van der Waals surface area contributed by atoms with E-state index >= 15 is 0 Å². The third-order valence-corrected chi connectivity index (χ3v) is 3.61. The van der Waals surface area contributed by atoms with E-state index in [0.29, 0.717) is 15.2 Å². The maximum absolute atomic E-state index is 11.8. The van der Waals surface area contributed by atoms with Crippen molar-refractivity contribution in [3.05, 3.63) is 37.5 Å². The Bertz CT molecular complexity index is 586. The largest absolute Gasteiger partial charge is 0.461 e. The number of nitrogens with zero attached hydrogens (tertiary/aromatic N) is 1. The first-order valence-electron chi connectivity index (χ1n) is 5.46. The Balaban J connectivity index is 2.57. The predicted molar refractivity (Wildman–Crippen MR) is 74.0 cm³/mol. The molecule has 2 heterocycles. The summed E-state index contributed by atoms with van der Waals surface area (Å²) >= 11 is 2.03. The van der Waals surface area contributed by atoms with Crippen molar-refractivity contribution in [2.75, 3.05) is 0 Å². The summed E-state index contributed by atoms with van der Waals surface area (Å²) in [6, 6.07) is 1.85. The van der Waals surface area contributed by atoms with Crippen molar-refractivity contribution in [2.45, 2.75) is 26.7 Å². The summed E-state index contributed by atoms with van der Waals surface area (Å²) in [4.78, 5) is 19.0. The minimum atomic E-state index is -0.102. The highest BCUT2D eigenvalue weighted by Crippen LogP contribution is 2.20. The van der Waals surface area contributed by atoms with Gasteiger partial charge in [-0.05, 0) is 47.6 Å². The fourth-order valence-electron chi connectivity index (χ4n) is 1.63. The van der Waals surface area contributed by atoms with Crippen molar-refractivity contribution in [3.8, 4) is 11.6 Å². The molecule has 0 aromatic carbocycles. The molecule has 2 rings (SSSR count). The number of aromatic amines is 1. The molecule has 2 aromatic rings. The van der Waals surface area contributed by atoms with Crippen LogP contribution in [0.1, 0.15) is 24.6 Å². The second kappa shape index (κ2) is 5.03. The Morgan fingerprint density at radius 1 is 1.53 bits per heavy atom. The van der Waals surface area contributed by atoms with Crippen LogP contribution in [0.25, 0.3) is 11.6 Å². The molecule has 0 aliphatic heterocycles. The maximum atomic E-state index is 11.8. The van der Waals surface area contributed by atoms with Crippen LogP contribution in [0.4, 0.5) is 0 Å². The van der Waals surface area contributed by atoms with Crippen molar-refractivity contribution in [1.82, 2.24) is 9.97 Å². The zero-order valence-corrected chi connectivity index (χ0v) is 11.9. The van der Waals surface area contributed by atoms with Crippen LogP contribution in [0.15, 0.2) is 21.5 Å². The SMILES string of the molecule is CCCc1nc(-c2occc2C)[nH]c(=O)c1I. The summed E-state index contributed by atoms with van der Waals surface area (Å²) in [5, 5.41) is 0. The van der Waals surface area contributed by atoms with Gasteiger partial charge in [0.2, 0.25) is 0 Å². The van der Waals surface area contributed by atoms with E-state index in [1.807, 2.05) is 35.6 Å².